The van der Waals surface area contributed by atoms with Crippen molar-refractivity contribution < 1.29 is 4.74 Å². The van der Waals surface area contributed by atoms with Crippen molar-refractivity contribution in [3.05, 3.63) is 35.4 Å². The fourth-order valence-electron chi connectivity index (χ4n) is 1.01. The smallest absolute Gasteiger partial charge is 0.212 e. The third-order valence-electron chi connectivity index (χ3n) is 1.83. The highest BCUT2D eigenvalue weighted by Gasteiger charge is 1.98. The summed E-state index contributed by atoms with van der Waals surface area (Å²) in [5.74, 6) is 0.220. The van der Waals surface area contributed by atoms with Crippen LogP contribution < -0.4 is 0 Å². The highest BCUT2D eigenvalue weighted by atomic mass is 16.5. The lowest BCUT2D eigenvalue weighted by atomic mass is 10.1. The number of methoxy groups -OCH3 is 1. The second-order valence-corrected chi connectivity index (χ2v) is 2.58. The molecule has 1 N–H and O–H groups in total. The maximum Gasteiger partial charge on any atom is 0.212 e. The second kappa shape index (κ2) is 3.90. The Bertz CT molecular complexity index is 264. The van der Waals surface area contributed by atoms with Gasteiger partial charge in [-0.3, -0.25) is 5.41 Å². The van der Waals surface area contributed by atoms with Crippen LogP contribution in [-0.4, -0.2) is 13.0 Å². The number of hydrogen-bond donors (Lipinski definition) is 1. The minimum absolute atomic E-state index is 0.220. The van der Waals surface area contributed by atoms with Crippen LogP contribution in [0.4, 0.5) is 0 Å². The van der Waals surface area contributed by atoms with Gasteiger partial charge in [-0.1, -0.05) is 19.1 Å². The second-order valence-electron chi connectivity index (χ2n) is 2.58. The average molecular weight is 163 g/mol. The highest BCUT2D eigenvalue weighted by Crippen LogP contribution is 2.05. The van der Waals surface area contributed by atoms with E-state index in [0.29, 0.717) is 0 Å². The van der Waals surface area contributed by atoms with Crippen LogP contribution in [0, 0.1) is 5.41 Å². The van der Waals surface area contributed by atoms with Gasteiger partial charge >= 0.3 is 0 Å². The summed E-state index contributed by atoms with van der Waals surface area (Å²) in [6.07, 6.45) is 1.03. The summed E-state index contributed by atoms with van der Waals surface area (Å²) in [5, 5.41) is 7.38. The van der Waals surface area contributed by atoms with Gasteiger partial charge in [-0.25, -0.2) is 0 Å². The molecule has 0 heterocycles. The highest BCUT2D eigenvalue weighted by molar-refractivity contribution is 5.91. The molecule has 0 unspecified atom stereocenters. The molecular formula is C10H13NO. The summed E-state index contributed by atoms with van der Waals surface area (Å²) in [5.41, 5.74) is 2.11. The SMILES string of the molecule is CCc1ccc(C(=N)OC)cc1. The summed E-state index contributed by atoms with van der Waals surface area (Å²) in [6, 6.07) is 7.85. The van der Waals surface area contributed by atoms with E-state index in [-0.39, 0.29) is 5.90 Å². The van der Waals surface area contributed by atoms with Gasteiger partial charge in [0, 0.05) is 5.56 Å². The Balaban J connectivity index is 2.84. The first-order valence-corrected chi connectivity index (χ1v) is 3.99. The van der Waals surface area contributed by atoms with Crippen molar-refractivity contribution in [3.8, 4) is 0 Å². The molecule has 0 radical (unpaired) electrons. The number of nitrogens with one attached hydrogen (secondary N) is 1. The van der Waals surface area contributed by atoms with E-state index in [9.17, 15) is 0 Å². The molecule has 0 saturated carbocycles. The van der Waals surface area contributed by atoms with Gasteiger partial charge < -0.3 is 4.74 Å². The number of benzene rings is 1. The summed E-state index contributed by atoms with van der Waals surface area (Å²) in [4.78, 5) is 0. The van der Waals surface area contributed by atoms with E-state index < -0.39 is 0 Å². The molecule has 0 saturated heterocycles. The number of hydrogen-bond acceptors (Lipinski definition) is 2. The molecule has 12 heavy (non-hydrogen) atoms. The third kappa shape index (κ3) is 1.84. The molecule has 1 aromatic carbocycles. The summed E-state index contributed by atoms with van der Waals surface area (Å²) < 4.78 is 4.79. The van der Waals surface area contributed by atoms with Gasteiger partial charge in [0.25, 0.3) is 0 Å². The summed E-state index contributed by atoms with van der Waals surface area (Å²) in [7, 11) is 1.51. The first-order chi connectivity index (χ1) is 5.77. The van der Waals surface area contributed by atoms with Crippen LogP contribution in [-0.2, 0) is 11.2 Å². The average Bonchev–Trinajstić information content (AvgIpc) is 2.17. The van der Waals surface area contributed by atoms with Crippen LogP contribution in [0.25, 0.3) is 0 Å². The minimum atomic E-state index is 0.220. The van der Waals surface area contributed by atoms with Crippen LogP contribution in [0.3, 0.4) is 0 Å². The van der Waals surface area contributed by atoms with Crippen molar-refractivity contribution in [2.75, 3.05) is 7.11 Å². The molecule has 2 nitrogen and oxygen atoms in total. The lowest BCUT2D eigenvalue weighted by molar-refractivity contribution is 0.401. The Morgan fingerprint density at radius 3 is 2.33 bits per heavy atom. The van der Waals surface area contributed by atoms with E-state index in [2.05, 4.69) is 6.92 Å². The van der Waals surface area contributed by atoms with Crippen molar-refractivity contribution in [1.82, 2.24) is 0 Å². The van der Waals surface area contributed by atoms with Gasteiger partial charge in [0.1, 0.15) is 0 Å². The fraction of sp³-hybridized carbons (Fsp3) is 0.300. The molecule has 0 aliphatic heterocycles. The predicted molar refractivity (Wildman–Crippen MR) is 49.7 cm³/mol. The number of rotatable bonds is 2. The standard InChI is InChI=1S/C10H13NO/c1-3-8-4-6-9(7-5-8)10(11)12-2/h4-7,11H,3H2,1-2H3. The van der Waals surface area contributed by atoms with Crippen molar-refractivity contribution in [3.63, 3.8) is 0 Å². The van der Waals surface area contributed by atoms with E-state index in [1.54, 1.807) is 0 Å². The molecular weight excluding hydrogens is 150 g/mol. The van der Waals surface area contributed by atoms with Crippen molar-refractivity contribution in [1.29, 1.82) is 5.41 Å². The van der Waals surface area contributed by atoms with E-state index in [0.717, 1.165) is 12.0 Å². The molecule has 0 bridgehead atoms. The van der Waals surface area contributed by atoms with Gasteiger partial charge in [0.15, 0.2) is 0 Å². The Morgan fingerprint density at radius 2 is 1.92 bits per heavy atom. The quantitative estimate of drug-likeness (QED) is 0.526. The molecule has 0 aliphatic carbocycles. The van der Waals surface area contributed by atoms with Gasteiger partial charge in [-0.15, -0.1) is 0 Å². The molecule has 1 rings (SSSR count). The summed E-state index contributed by atoms with van der Waals surface area (Å²) >= 11 is 0. The van der Waals surface area contributed by atoms with E-state index in [4.69, 9.17) is 10.1 Å². The number of aryl methyl sites for hydroxylation is 1. The predicted octanol–water partition coefficient (Wildman–Crippen LogP) is 2.22. The molecule has 0 aliphatic rings. The maximum absolute atomic E-state index is 7.38. The van der Waals surface area contributed by atoms with Crippen LogP contribution >= 0.6 is 0 Å². The van der Waals surface area contributed by atoms with Gasteiger partial charge in [-0.05, 0) is 24.1 Å². The molecule has 0 fully saturated rings. The molecule has 0 spiro atoms. The van der Waals surface area contributed by atoms with Crippen molar-refractivity contribution >= 4 is 5.90 Å². The van der Waals surface area contributed by atoms with Gasteiger partial charge in [-0.2, -0.15) is 0 Å². The maximum atomic E-state index is 7.38. The molecule has 2 heteroatoms. The normalized spacial score (nSPS) is 9.50. The van der Waals surface area contributed by atoms with Crippen LogP contribution in [0.15, 0.2) is 24.3 Å². The van der Waals surface area contributed by atoms with Crippen LogP contribution in [0.5, 0.6) is 0 Å². The molecule has 0 atom stereocenters. The van der Waals surface area contributed by atoms with Gasteiger partial charge in [0.05, 0.1) is 7.11 Å². The van der Waals surface area contributed by atoms with Crippen LogP contribution in [0.2, 0.25) is 0 Å². The molecule has 1 aromatic rings. The van der Waals surface area contributed by atoms with Gasteiger partial charge in [0.2, 0.25) is 5.90 Å². The molecule has 0 amide bonds. The first kappa shape index (κ1) is 8.78. The van der Waals surface area contributed by atoms with Crippen molar-refractivity contribution in [2.45, 2.75) is 13.3 Å². The third-order valence-corrected chi connectivity index (χ3v) is 1.83. The Hall–Kier alpha value is -1.31. The fourth-order valence-corrected chi connectivity index (χ4v) is 1.01. The topological polar surface area (TPSA) is 33.1 Å². The largest absolute Gasteiger partial charge is 0.481 e. The minimum Gasteiger partial charge on any atom is -0.481 e. The molecule has 64 valence electrons. The Kier molecular flexibility index (Phi) is 2.86. The van der Waals surface area contributed by atoms with E-state index in [1.807, 2.05) is 24.3 Å². The Morgan fingerprint density at radius 1 is 1.33 bits per heavy atom. The van der Waals surface area contributed by atoms with E-state index in [1.165, 1.54) is 12.7 Å². The van der Waals surface area contributed by atoms with Crippen molar-refractivity contribution in [2.24, 2.45) is 0 Å². The Labute approximate surface area is 72.7 Å². The number of ether oxygens (including phenoxy) is 1. The zero-order chi connectivity index (χ0) is 8.97. The monoisotopic (exact) mass is 163 g/mol. The lowest BCUT2D eigenvalue weighted by Crippen LogP contribution is -2.00. The van der Waals surface area contributed by atoms with E-state index >= 15 is 0 Å². The lowest BCUT2D eigenvalue weighted by Gasteiger charge is -2.02. The zero-order valence-corrected chi connectivity index (χ0v) is 7.42. The molecule has 0 aromatic heterocycles. The first-order valence-electron chi connectivity index (χ1n) is 3.99. The zero-order valence-electron chi connectivity index (χ0n) is 7.42. The van der Waals surface area contributed by atoms with Crippen LogP contribution in [0.1, 0.15) is 18.1 Å². The summed E-state index contributed by atoms with van der Waals surface area (Å²) in [6.45, 7) is 2.11.